The summed E-state index contributed by atoms with van der Waals surface area (Å²) >= 11 is 0. The summed E-state index contributed by atoms with van der Waals surface area (Å²) in [6, 6.07) is 11.9. The van der Waals surface area contributed by atoms with Crippen molar-refractivity contribution in [2.45, 2.75) is 129 Å². The molecular weight excluding hydrogens is 480 g/mol. The maximum absolute atomic E-state index is 12.3. The Balaban J connectivity index is 1.26. The number of aromatic nitrogens is 3. The minimum absolute atomic E-state index is 0.0425. The fourth-order valence-corrected chi connectivity index (χ4v) is 5.44. The molecule has 2 heterocycles. The molecule has 0 bridgehead atoms. The summed E-state index contributed by atoms with van der Waals surface area (Å²) in [5.41, 5.74) is 2.96. The van der Waals surface area contributed by atoms with Gasteiger partial charge in [0.25, 0.3) is 5.91 Å². The fourth-order valence-electron chi connectivity index (χ4n) is 5.44. The highest BCUT2D eigenvalue weighted by molar-refractivity contribution is 5.93. The van der Waals surface area contributed by atoms with Crippen LogP contribution in [-0.4, -0.2) is 27.0 Å². The van der Waals surface area contributed by atoms with Gasteiger partial charge in [-0.1, -0.05) is 115 Å². The van der Waals surface area contributed by atoms with Crippen LogP contribution in [0.5, 0.6) is 0 Å². The van der Waals surface area contributed by atoms with Crippen molar-refractivity contribution in [3.8, 4) is 0 Å². The first-order chi connectivity index (χ1) is 19.3. The van der Waals surface area contributed by atoms with Gasteiger partial charge >= 0.3 is 0 Å². The topological polar surface area (TPSA) is 59.8 Å². The number of hydrogen-bond acceptors (Lipinski definition) is 3. The van der Waals surface area contributed by atoms with Crippen molar-refractivity contribution in [2.24, 2.45) is 0 Å². The zero-order chi connectivity index (χ0) is 27.4. The van der Waals surface area contributed by atoms with Gasteiger partial charge in [0.05, 0.1) is 11.0 Å². The summed E-state index contributed by atoms with van der Waals surface area (Å²) < 4.78 is 2.41. The van der Waals surface area contributed by atoms with E-state index in [0.29, 0.717) is 12.1 Å². The highest BCUT2D eigenvalue weighted by atomic mass is 16.1. The number of pyridine rings is 1. The maximum Gasteiger partial charge on any atom is 0.251 e. The molecule has 0 atom stereocenters. The predicted molar refractivity (Wildman–Crippen MR) is 164 cm³/mol. The fraction of sp³-hybridized carbons (Fsp3) is 0.618. The number of benzene rings is 1. The van der Waals surface area contributed by atoms with Crippen molar-refractivity contribution >= 4 is 16.9 Å². The molecule has 0 saturated heterocycles. The average molecular weight is 533 g/mol. The van der Waals surface area contributed by atoms with Crippen LogP contribution in [0.25, 0.3) is 11.0 Å². The Bertz CT molecular complexity index is 1050. The van der Waals surface area contributed by atoms with Crippen molar-refractivity contribution in [2.75, 3.05) is 6.54 Å². The lowest BCUT2D eigenvalue weighted by molar-refractivity contribution is 0.0953. The Morgan fingerprint density at radius 3 is 1.90 bits per heavy atom. The van der Waals surface area contributed by atoms with E-state index >= 15 is 0 Å². The average Bonchev–Trinajstić information content (AvgIpc) is 3.32. The van der Waals surface area contributed by atoms with E-state index < -0.39 is 0 Å². The molecule has 3 aromatic rings. The Labute approximate surface area is 237 Å². The number of nitrogens with zero attached hydrogens (tertiary/aromatic N) is 3. The Hall–Kier alpha value is -2.69. The van der Waals surface area contributed by atoms with Crippen molar-refractivity contribution < 1.29 is 4.79 Å². The van der Waals surface area contributed by atoms with E-state index in [0.717, 1.165) is 30.7 Å². The van der Waals surface area contributed by atoms with Crippen molar-refractivity contribution in [3.63, 3.8) is 0 Å². The van der Waals surface area contributed by atoms with E-state index in [9.17, 15) is 4.79 Å². The monoisotopic (exact) mass is 532 g/mol. The number of aryl methyl sites for hydroxylation is 2. The smallest absolute Gasteiger partial charge is 0.251 e. The largest absolute Gasteiger partial charge is 0.352 e. The van der Waals surface area contributed by atoms with Gasteiger partial charge in [-0.25, -0.2) is 4.98 Å². The number of fused-ring (bicyclic) bond motifs is 1. The van der Waals surface area contributed by atoms with Gasteiger partial charge in [0.2, 0.25) is 0 Å². The van der Waals surface area contributed by atoms with Crippen LogP contribution >= 0.6 is 0 Å². The zero-order valence-electron chi connectivity index (χ0n) is 24.5. The van der Waals surface area contributed by atoms with Gasteiger partial charge in [-0.05, 0) is 37.1 Å². The maximum atomic E-state index is 12.3. The summed E-state index contributed by atoms with van der Waals surface area (Å²) in [7, 11) is 0. The molecule has 0 radical (unpaired) electrons. The molecule has 1 amide bonds. The van der Waals surface area contributed by atoms with E-state index in [-0.39, 0.29) is 5.91 Å². The summed E-state index contributed by atoms with van der Waals surface area (Å²) in [6.07, 6.45) is 27.3. The molecule has 0 aliphatic rings. The Morgan fingerprint density at radius 2 is 1.28 bits per heavy atom. The van der Waals surface area contributed by atoms with Crippen LogP contribution < -0.4 is 5.32 Å². The van der Waals surface area contributed by atoms with Gasteiger partial charge in [0, 0.05) is 37.5 Å². The first-order valence-corrected chi connectivity index (χ1v) is 15.9. The van der Waals surface area contributed by atoms with Crippen LogP contribution in [0.3, 0.4) is 0 Å². The van der Waals surface area contributed by atoms with E-state index in [4.69, 9.17) is 4.98 Å². The molecule has 1 N–H and O–H groups in total. The van der Waals surface area contributed by atoms with Crippen molar-refractivity contribution in [1.29, 1.82) is 0 Å². The summed E-state index contributed by atoms with van der Waals surface area (Å²) in [6.45, 7) is 3.96. The second kappa shape index (κ2) is 19.4. The Kier molecular flexibility index (Phi) is 15.3. The molecule has 0 aliphatic carbocycles. The second-order valence-electron chi connectivity index (χ2n) is 11.1. The van der Waals surface area contributed by atoms with Crippen LogP contribution in [0.1, 0.15) is 132 Å². The number of carbonyl (C=O) groups excluding carboxylic acids is 1. The normalized spacial score (nSPS) is 11.3. The predicted octanol–water partition coefficient (Wildman–Crippen LogP) is 9.06. The third-order valence-electron chi connectivity index (χ3n) is 7.77. The van der Waals surface area contributed by atoms with Gasteiger partial charge in [0.15, 0.2) is 0 Å². The number of nitrogens with one attached hydrogen (secondary N) is 1. The van der Waals surface area contributed by atoms with Gasteiger partial charge in [0.1, 0.15) is 5.82 Å². The summed E-state index contributed by atoms with van der Waals surface area (Å²) in [5, 5.41) is 3.02. The Morgan fingerprint density at radius 1 is 0.718 bits per heavy atom. The van der Waals surface area contributed by atoms with Crippen molar-refractivity contribution in [3.05, 3.63) is 60.2 Å². The molecule has 0 fully saturated rings. The van der Waals surface area contributed by atoms with Gasteiger partial charge in [-0.2, -0.15) is 0 Å². The lowest BCUT2D eigenvalue weighted by atomic mass is 10.0. The number of unbranched alkanes of at least 4 members (excludes halogenated alkanes) is 15. The molecule has 0 unspecified atom stereocenters. The van der Waals surface area contributed by atoms with Gasteiger partial charge in [-0.15, -0.1) is 0 Å². The molecule has 0 aliphatic heterocycles. The SMILES string of the molecule is CCCCCCCCCCCCCCCCCCn1c(CCCNC(=O)c2ccncc2)nc2ccccc21. The van der Waals surface area contributed by atoms with Crippen LogP contribution in [0.15, 0.2) is 48.8 Å². The quantitative estimate of drug-likeness (QED) is 0.131. The first-order valence-electron chi connectivity index (χ1n) is 15.9. The highest BCUT2D eigenvalue weighted by Crippen LogP contribution is 2.19. The number of hydrogen-bond donors (Lipinski definition) is 1. The lowest BCUT2D eigenvalue weighted by Crippen LogP contribution is -2.25. The van der Waals surface area contributed by atoms with E-state index in [1.165, 1.54) is 108 Å². The lowest BCUT2D eigenvalue weighted by Gasteiger charge is -2.10. The molecule has 5 heteroatoms. The number of carbonyl (C=O) groups is 1. The molecule has 0 spiro atoms. The molecule has 5 nitrogen and oxygen atoms in total. The van der Waals surface area contributed by atoms with Gasteiger partial charge < -0.3 is 9.88 Å². The third-order valence-corrected chi connectivity index (χ3v) is 7.77. The van der Waals surface area contributed by atoms with Crippen LogP contribution in [0, 0.1) is 0 Å². The summed E-state index contributed by atoms with van der Waals surface area (Å²) in [4.78, 5) is 21.2. The number of rotatable bonds is 22. The van der Waals surface area contributed by atoms with Crippen LogP contribution in [0.2, 0.25) is 0 Å². The van der Waals surface area contributed by atoms with E-state index in [2.05, 4.69) is 46.1 Å². The van der Waals surface area contributed by atoms with E-state index in [1.807, 2.05) is 0 Å². The third kappa shape index (κ3) is 11.9. The zero-order valence-corrected chi connectivity index (χ0v) is 24.5. The molecule has 214 valence electrons. The molecule has 0 saturated carbocycles. The molecule has 3 rings (SSSR count). The molecule has 1 aromatic carbocycles. The van der Waals surface area contributed by atoms with Crippen molar-refractivity contribution in [1.82, 2.24) is 19.9 Å². The molecule has 39 heavy (non-hydrogen) atoms. The van der Waals surface area contributed by atoms with E-state index in [1.54, 1.807) is 24.5 Å². The number of para-hydroxylation sites is 2. The standard InChI is InChI=1S/C34H52N4O/c1-2-3-4-5-6-7-8-9-10-11-12-13-14-15-16-19-29-38-32-22-18-17-21-31(32)37-33(38)23-20-26-36-34(39)30-24-27-35-28-25-30/h17-18,21-22,24-25,27-28H,2-16,19-20,23,26,29H2,1H3,(H,36,39). The van der Waals surface area contributed by atoms with Crippen LogP contribution in [0.4, 0.5) is 0 Å². The number of amides is 1. The highest BCUT2D eigenvalue weighted by Gasteiger charge is 2.11. The minimum atomic E-state index is -0.0425. The summed E-state index contributed by atoms with van der Waals surface area (Å²) in [5.74, 6) is 1.09. The first kappa shape index (κ1) is 30.8. The molecule has 2 aromatic heterocycles. The number of imidazole rings is 1. The van der Waals surface area contributed by atoms with Crippen LogP contribution in [-0.2, 0) is 13.0 Å². The van der Waals surface area contributed by atoms with Gasteiger partial charge in [-0.3, -0.25) is 9.78 Å². The second-order valence-corrected chi connectivity index (χ2v) is 11.1. The molecular formula is C34H52N4O. The minimum Gasteiger partial charge on any atom is -0.352 e.